The van der Waals surface area contributed by atoms with Crippen molar-refractivity contribution in [3.8, 4) is 0 Å². The highest BCUT2D eigenvalue weighted by Gasteiger charge is 2.26. The Bertz CT molecular complexity index is 501. The van der Waals surface area contributed by atoms with Crippen molar-refractivity contribution < 1.29 is 9.53 Å². The third-order valence-electron chi connectivity index (χ3n) is 4.32. The smallest absolute Gasteiger partial charge is 0.254 e. The van der Waals surface area contributed by atoms with E-state index in [0.29, 0.717) is 6.54 Å². The van der Waals surface area contributed by atoms with Crippen molar-refractivity contribution in [2.75, 3.05) is 32.1 Å². The van der Waals surface area contributed by atoms with E-state index in [1.54, 1.807) is 7.11 Å². The Hall–Kier alpha value is -1.55. The van der Waals surface area contributed by atoms with Gasteiger partial charge in [-0.2, -0.15) is 0 Å². The number of likely N-dealkylation sites (tertiary alicyclic amines) is 1. The average molecular weight is 274 g/mol. The number of amides is 1. The summed E-state index contributed by atoms with van der Waals surface area (Å²) in [6, 6.07) is 6.01. The number of carbonyl (C=O) groups is 1. The van der Waals surface area contributed by atoms with Gasteiger partial charge in [-0.05, 0) is 43.4 Å². The van der Waals surface area contributed by atoms with E-state index in [4.69, 9.17) is 4.74 Å². The maximum atomic E-state index is 12.8. The van der Waals surface area contributed by atoms with E-state index in [0.717, 1.165) is 50.0 Å². The monoisotopic (exact) mass is 274 g/mol. The van der Waals surface area contributed by atoms with Crippen molar-refractivity contribution in [2.24, 2.45) is 0 Å². The zero-order valence-corrected chi connectivity index (χ0v) is 12.0. The van der Waals surface area contributed by atoms with Gasteiger partial charge in [0.15, 0.2) is 0 Å². The highest BCUT2D eigenvalue weighted by Crippen LogP contribution is 2.27. The van der Waals surface area contributed by atoms with Crippen LogP contribution in [0.3, 0.4) is 0 Å². The van der Waals surface area contributed by atoms with Crippen LogP contribution in [0.4, 0.5) is 5.69 Å². The highest BCUT2D eigenvalue weighted by molar-refractivity contribution is 5.97. The first-order chi connectivity index (χ1) is 9.79. The van der Waals surface area contributed by atoms with Crippen LogP contribution < -0.4 is 5.32 Å². The summed E-state index contributed by atoms with van der Waals surface area (Å²) in [5.74, 6) is 0.160. The molecule has 4 nitrogen and oxygen atoms in total. The van der Waals surface area contributed by atoms with Gasteiger partial charge in [0.25, 0.3) is 5.91 Å². The Morgan fingerprint density at radius 3 is 3.15 bits per heavy atom. The number of hydrogen-bond donors (Lipinski definition) is 1. The molecule has 2 aliphatic rings. The molecule has 1 N–H and O–H groups in total. The van der Waals surface area contributed by atoms with Crippen molar-refractivity contribution in [1.82, 2.24) is 4.90 Å². The highest BCUT2D eigenvalue weighted by atomic mass is 16.5. The fourth-order valence-corrected chi connectivity index (χ4v) is 3.20. The summed E-state index contributed by atoms with van der Waals surface area (Å²) in [4.78, 5) is 14.7. The molecule has 0 aliphatic carbocycles. The van der Waals surface area contributed by atoms with Crippen molar-refractivity contribution in [3.63, 3.8) is 0 Å². The van der Waals surface area contributed by atoms with E-state index in [1.807, 2.05) is 17.0 Å². The summed E-state index contributed by atoms with van der Waals surface area (Å²) in [5.41, 5.74) is 3.18. The maximum Gasteiger partial charge on any atom is 0.254 e. The zero-order chi connectivity index (χ0) is 13.9. The number of benzene rings is 1. The van der Waals surface area contributed by atoms with Crippen LogP contribution in [-0.4, -0.2) is 43.7 Å². The molecule has 4 heteroatoms. The first-order valence-electron chi connectivity index (χ1n) is 7.47. The molecule has 2 heterocycles. The fourth-order valence-electron chi connectivity index (χ4n) is 3.20. The number of nitrogens with one attached hydrogen (secondary N) is 1. The Morgan fingerprint density at radius 1 is 1.40 bits per heavy atom. The number of anilines is 1. The lowest BCUT2D eigenvalue weighted by Gasteiger charge is -2.33. The molecule has 108 valence electrons. The summed E-state index contributed by atoms with van der Waals surface area (Å²) >= 11 is 0. The van der Waals surface area contributed by atoms with Gasteiger partial charge in [0.2, 0.25) is 0 Å². The summed E-state index contributed by atoms with van der Waals surface area (Å²) in [5, 5.41) is 3.39. The number of rotatable bonds is 2. The Kier molecular flexibility index (Phi) is 3.92. The molecular formula is C16H22N2O2. The summed E-state index contributed by atoms with van der Waals surface area (Å²) in [7, 11) is 1.73. The van der Waals surface area contributed by atoms with Crippen molar-refractivity contribution in [3.05, 3.63) is 29.3 Å². The predicted molar refractivity (Wildman–Crippen MR) is 79.2 cm³/mol. The van der Waals surface area contributed by atoms with Crippen molar-refractivity contribution >= 4 is 11.6 Å². The van der Waals surface area contributed by atoms with Gasteiger partial charge in [-0.25, -0.2) is 0 Å². The molecule has 1 fully saturated rings. The van der Waals surface area contributed by atoms with Crippen LogP contribution >= 0.6 is 0 Å². The zero-order valence-electron chi connectivity index (χ0n) is 12.0. The van der Waals surface area contributed by atoms with Crippen LogP contribution in [0.25, 0.3) is 0 Å². The molecule has 1 saturated heterocycles. The minimum atomic E-state index is 0.160. The largest absolute Gasteiger partial charge is 0.385 e. The lowest BCUT2D eigenvalue weighted by molar-refractivity contribution is 0.0268. The molecule has 2 aliphatic heterocycles. The van der Waals surface area contributed by atoms with E-state index in [1.165, 1.54) is 5.56 Å². The molecule has 1 unspecified atom stereocenters. The van der Waals surface area contributed by atoms with E-state index < -0.39 is 0 Å². The van der Waals surface area contributed by atoms with Crippen molar-refractivity contribution in [1.29, 1.82) is 0 Å². The second-order valence-corrected chi connectivity index (χ2v) is 5.61. The SMILES string of the molecule is COC1CCCN(C(=O)c2cccc3c2CCCN3)C1. The molecule has 1 atom stereocenters. The number of methoxy groups -OCH3 is 1. The molecule has 1 aromatic carbocycles. The molecule has 0 bridgehead atoms. The van der Waals surface area contributed by atoms with Crippen molar-refractivity contribution in [2.45, 2.75) is 31.8 Å². The van der Waals surface area contributed by atoms with Gasteiger partial charge in [-0.15, -0.1) is 0 Å². The molecule has 0 aromatic heterocycles. The van der Waals surface area contributed by atoms with Crippen LogP contribution in [0.1, 0.15) is 35.2 Å². The second-order valence-electron chi connectivity index (χ2n) is 5.61. The van der Waals surface area contributed by atoms with Crippen LogP contribution in [-0.2, 0) is 11.2 Å². The third-order valence-corrected chi connectivity index (χ3v) is 4.32. The molecule has 3 rings (SSSR count). The number of fused-ring (bicyclic) bond motifs is 1. The summed E-state index contributed by atoms with van der Waals surface area (Å²) in [6.07, 6.45) is 4.35. The lowest BCUT2D eigenvalue weighted by atomic mass is 9.96. The van der Waals surface area contributed by atoms with Crippen LogP contribution in [0, 0.1) is 0 Å². The van der Waals surface area contributed by atoms with Crippen LogP contribution in [0.5, 0.6) is 0 Å². The van der Waals surface area contributed by atoms with Gasteiger partial charge in [-0.3, -0.25) is 4.79 Å². The molecular weight excluding hydrogens is 252 g/mol. The molecule has 1 aromatic rings. The molecule has 20 heavy (non-hydrogen) atoms. The van der Waals surface area contributed by atoms with E-state index in [2.05, 4.69) is 11.4 Å². The number of carbonyl (C=O) groups excluding carboxylic acids is 1. The average Bonchev–Trinajstić information content (AvgIpc) is 2.53. The fraction of sp³-hybridized carbons (Fsp3) is 0.562. The Balaban J connectivity index is 1.83. The molecule has 0 spiro atoms. The van der Waals surface area contributed by atoms with Crippen LogP contribution in [0.2, 0.25) is 0 Å². The number of nitrogens with zero attached hydrogens (tertiary/aromatic N) is 1. The van der Waals surface area contributed by atoms with Gasteiger partial charge in [-0.1, -0.05) is 6.07 Å². The Morgan fingerprint density at radius 2 is 2.30 bits per heavy atom. The number of hydrogen-bond acceptors (Lipinski definition) is 3. The number of ether oxygens (including phenoxy) is 1. The first-order valence-corrected chi connectivity index (χ1v) is 7.47. The maximum absolute atomic E-state index is 12.8. The van der Waals surface area contributed by atoms with Gasteiger partial charge < -0.3 is 15.0 Å². The molecule has 0 saturated carbocycles. The quantitative estimate of drug-likeness (QED) is 0.899. The topological polar surface area (TPSA) is 41.6 Å². The third kappa shape index (κ3) is 2.52. The van der Waals surface area contributed by atoms with Gasteiger partial charge >= 0.3 is 0 Å². The standard InChI is InChI=1S/C16H22N2O2/c1-20-12-5-4-10-18(11-12)16(19)14-6-2-8-15-13(14)7-3-9-17-15/h2,6,8,12,17H,3-5,7,9-11H2,1H3. The molecule has 1 amide bonds. The first kappa shape index (κ1) is 13.4. The van der Waals surface area contributed by atoms with E-state index >= 15 is 0 Å². The number of piperidine rings is 1. The van der Waals surface area contributed by atoms with Crippen LogP contribution in [0.15, 0.2) is 18.2 Å². The van der Waals surface area contributed by atoms with E-state index in [-0.39, 0.29) is 12.0 Å². The second kappa shape index (κ2) is 5.83. The minimum Gasteiger partial charge on any atom is -0.385 e. The predicted octanol–water partition coefficient (Wildman–Crippen LogP) is 2.30. The van der Waals surface area contributed by atoms with Gasteiger partial charge in [0.1, 0.15) is 0 Å². The Labute approximate surface area is 120 Å². The summed E-state index contributed by atoms with van der Waals surface area (Å²) < 4.78 is 5.41. The molecule has 0 radical (unpaired) electrons. The lowest BCUT2D eigenvalue weighted by Crippen LogP contribution is -2.43. The minimum absolute atomic E-state index is 0.160. The van der Waals surface area contributed by atoms with Gasteiger partial charge in [0.05, 0.1) is 6.10 Å². The van der Waals surface area contributed by atoms with E-state index in [9.17, 15) is 4.79 Å². The summed E-state index contributed by atoms with van der Waals surface area (Å²) in [6.45, 7) is 2.56. The van der Waals surface area contributed by atoms with Gasteiger partial charge in [0, 0.05) is 38.0 Å². The normalized spacial score (nSPS) is 22.1.